The molecule has 0 spiro atoms. The summed E-state index contributed by atoms with van der Waals surface area (Å²) in [7, 11) is 0. The van der Waals surface area contributed by atoms with Crippen LogP contribution < -0.4 is 0 Å². The fraction of sp³-hybridized carbons (Fsp3) is 0.938. The van der Waals surface area contributed by atoms with Crippen molar-refractivity contribution < 1.29 is 9.53 Å². The minimum Gasteiger partial charge on any atom is -0.377 e. The van der Waals surface area contributed by atoms with Crippen LogP contribution in [0, 0.1) is 0 Å². The van der Waals surface area contributed by atoms with Crippen molar-refractivity contribution in [2.75, 3.05) is 45.9 Å². The summed E-state index contributed by atoms with van der Waals surface area (Å²) >= 11 is 0. The number of likely N-dealkylation sites (tertiary alicyclic amines) is 1. The van der Waals surface area contributed by atoms with Crippen LogP contribution in [0.3, 0.4) is 0 Å². The monoisotopic (exact) mass is 295 g/mol. The summed E-state index contributed by atoms with van der Waals surface area (Å²) in [4.78, 5) is 18.9. The maximum atomic E-state index is 12.3. The van der Waals surface area contributed by atoms with E-state index in [2.05, 4.69) is 16.7 Å². The summed E-state index contributed by atoms with van der Waals surface area (Å²) in [6.45, 7) is 8.98. The molecule has 21 heavy (non-hydrogen) atoms. The number of amides is 2. The van der Waals surface area contributed by atoms with Crippen molar-refractivity contribution >= 4 is 6.03 Å². The largest absolute Gasteiger partial charge is 0.377 e. The molecule has 3 aliphatic rings. The van der Waals surface area contributed by atoms with E-state index >= 15 is 0 Å². The summed E-state index contributed by atoms with van der Waals surface area (Å²) < 4.78 is 5.84. The van der Waals surface area contributed by atoms with Gasteiger partial charge in [-0.15, -0.1) is 0 Å². The molecule has 3 heterocycles. The van der Waals surface area contributed by atoms with Crippen molar-refractivity contribution in [1.29, 1.82) is 0 Å². The number of rotatable bonds is 4. The number of carbonyl (C=O) groups excluding carboxylic acids is 1. The number of piperidine rings is 1. The zero-order valence-corrected chi connectivity index (χ0v) is 13.3. The maximum absolute atomic E-state index is 12.3. The lowest BCUT2D eigenvalue weighted by Gasteiger charge is -2.38. The number of ether oxygens (including phenoxy) is 1. The Bertz CT molecular complexity index is 349. The molecule has 3 rings (SSSR count). The molecule has 3 aliphatic heterocycles. The van der Waals surface area contributed by atoms with Gasteiger partial charge in [-0.1, -0.05) is 0 Å². The van der Waals surface area contributed by atoms with E-state index < -0.39 is 0 Å². The molecule has 3 fully saturated rings. The third-order valence-corrected chi connectivity index (χ3v) is 5.24. The van der Waals surface area contributed by atoms with Crippen molar-refractivity contribution in [1.82, 2.24) is 14.7 Å². The first-order chi connectivity index (χ1) is 10.3. The highest BCUT2D eigenvalue weighted by atomic mass is 16.5. The summed E-state index contributed by atoms with van der Waals surface area (Å²) in [5.41, 5.74) is 0. The number of urea groups is 1. The van der Waals surface area contributed by atoms with Crippen molar-refractivity contribution in [2.45, 2.75) is 51.2 Å². The topological polar surface area (TPSA) is 36.0 Å². The summed E-state index contributed by atoms with van der Waals surface area (Å²) in [5.74, 6) is 0. The smallest absolute Gasteiger partial charge is 0.320 e. The Labute approximate surface area is 128 Å². The second-order valence-electron chi connectivity index (χ2n) is 6.58. The van der Waals surface area contributed by atoms with E-state index in [9.17, 15) is 4.79 Å². The molecule has 1 atom stereocenters. The summed E-state index contributed by atoms with van der Waals surface area (Å²) in [6, 6.07) is 0.712. The molecule has 0 bridgehead atoms. The van der Waals surface area contributed by atoms with Gasteiger partial charge in [0.05, 0.1) is 6.10 Å². The Hall–Kier alpha value is -0.810. The highest BCUT2D eigenvalue weighted by Gasteiger charge is 2.34. The first-order valence-electron chi connectivity index (χ1n) is 8.67. The fourth-order valence-electron chi connectivity index (χ4n) is 3.89. The highest BCUT2D eigenvalue weighted by molar-refractivity contribution is 5.76. The van der Waals surface area contributed by atoms with Gasteiger partial charge in [-0.05, 0) is 39.0 Å². The molecule has 0 saturated carbocycles. The molecule has 0 aromatic heterocycles. The number of hydrogen-bond donors (Lipinski definition) is 0. The van der Waals surface area contributed by atoms with Gasteiger partial charge in [0.15, 0.2) is 0 Å². The molecule has 0 aromatic rings. The number of hydrogen-bond acceptors (Lipinski definition) is 3. The standard InChI is InChI=1S/C16H29N3O2/c1-2-18-10-11-19(16(18)20)14-6-8-17(9-7-14)13-15-5-3-4-12-21-15/h14-15H,2-13H2,1H3. The minimum atomic E-state index is 0.256. The van der Waals surface area contributed by atoms with Gasteiger partial charge in [-0.25, -0.2) is 4.79 Å². The Kier molecular flexibility index (Phi) is 5.01. The average molecular weight is 295 g/mol. The second kappa shape index (κ2) is 6.97. The quantitative estimate of drug-likeness (QED) is 0.793. The third kappa shape index (κ3) is 3.51. The molecule has 2 amide bonds. The van der Waals surface area contributed by atoms with E-state index in [4.69, 9.17) is 4.74 Å². The van der Waals surface area contributed by atoms with E-state index in [0.717, 1.165) is 58.7 Å². The van der Waals surface area contributed by atoms with Crippen LogP contribution in [0.25, 0.3) is 0 Å². The molecule has 5 nitrogen and oxygen atoms in total. The van der Waals surface area contributed by atoms with E-state index in [1.54, 1.807) is 0 Å². The molecule has 120 valence electrons. The predicted octanol–water partition coefficient (Wildman–Crippen LogP) is 1.78. The third-order valence-electron chi connectivity index (χ3n) is 5.24. The van der Waals surface area contributed by atoms with Gasteiger partial charge in [0.2, 0.25) is 0 Å². The van der Waals surface area contributed by atoms with Gasteiger partial charge in [0.1, 0.15) is 0 Å². The lowest BCUT2D eigenvalue weighted by atomic mass is 10.0. The number of carbonyl (C=O) groups is 1. The Morgan fingerprint density at radius 2 is 1.90 bits per heavy atom. The zero-order chi connectivity index (χ0) is 14.7. The molecular weight excluding hydrogens is 266 g/mol. The summed E-state index contributed by atoms with van der Waals surface area (Å²) in [6.07, 6.45) is 6.45. The maximum Gasteiger partial charge on any atom is 0.320 e. The molecule has 3 saturated heterocycles. The molecule has 1 unspecified atom stereocenters. The van der Waals surface area contributed by atoms with E-state index in [1.165, 1.54) is 19.3 Å². The van der Waals surface area contributed by atoms with Crippen LogP contribution in [-0.2, 0) is 4.74 Å². The Morgan fingerprint density at radius 3 is 2.52 bits per heavy atom. The van der Waals surface area contributed by atoms with Crippen molar-refractivity contribution in [3.63, 3.8) is 0 Å². The van der Waals surface area contributed by atoms with Crippen molar-refractivity contribution in [3.05, 3.63) is 0 Å². The van der Waals surface area contributed by atoms with E-state index in [1.807, 2.05) is 4.90 Å². The van der Waals surface area contributed by atoms with Crippen LogP contribution in [0.2, 0.25) is 0 Å². The summed E-state index contributed by atoms with van der Waals surface area (Å²) in [5, 5.41) is 0. The number of nitrogens with zero attached hydrogens (tertiary/aromatic N) is 3. The molecular formula is C16H29N3O2. The normalized spacial score (nSPS) is 29.4. The van der Waals surface area contributed by atoms with Crippen LogP contribution in [0.1, 0.15) is 39.0 Å². The predicted molar refractivity (Wildman–Crippen MR) is 82.4 cm³/mol. The van der Waals surface area contributed by atoms with Crippen molar-refractivity contribution in [3.8, 4) is 0 Å². The molecule has 0 aliphatic carbocycles. The molecule has 0 aromatic carbocycles. The Balaban J connectivity index is 1.43. The highest BCUT2D eigenvalue weighted by Crippen LogP contribution is 2.22. The lowest BCUT2D eigenvalue weighted by Crippen LogP contribution is -2.48. The second-order valence-corrected chi connectivity index (χ2v) is 6.58. The first-order valence-corrected chi connectivity index (χ1v) is 8.67. The molecule has 0 radical (unpaired) electrons. The fourth-order valence-corrected chi connectivity index (χ4v) is 3.89. The van der Waals surface area contributed by atoms with Crippen LogP contribution in [0.5, 0.6) is 0 Å². The van der Waals surface area contributed by atoms with E-state index in [0.29, 0.717) is 12.1 Å². The van der Waals surface area contributed by atoms with Crippen LogP contribution >= 0.6 is 0 Å². The van der Waals surface area contributed by atoms with E-state index in [-0.39, 0.29) is 6.03 Å². The van der Waals surface area contributed by atoms with Crippen LogP contribution in [0.15, 0.2) is 0 Å². The van der Waals surface area contributed by atoms with Gasteiger partial charge in [0, 0.05) is 51.9 Å². The molecule has 0 N–H and O–H groups in total. The minimum absolute atomic E-state index is 0.256. The number of likely N-dealkylation sites (N-methyl/N-ethyl adjacent to an activating group) is 1. The zero-order valence-electron chi connectivity index (χ0n) is 13.3. The Morgan fingerprint density at radius 1 is 1.10 bits per heavy atom. The first kappa shape index (κ1) is 15.1. The lowest BCUT2D eigenvalue weighted by molar-refractivity contribution is -0.0122. The van der Waals surface area contributed by atoms with Gasteiger partial charge in [-0.2, -0.15) is 0 Å². The van der Waals surface area contributed by atoms with Gasteiger partial charge in [0.25, 0.3) is 0 Å². The van der Waals surface area contributed by atoms with Gasteiger partial charge >= 0.3 is 6.03 Å². The molecule has 5 heteroatoms. The average Bonchev–Trinajstić information content (AvgIpc) is 2.90. The van der Waals surface area contributed by atoms with Gasteiger partial charge in [-0.3, -0.25) is 0 Å². The van der Waals surface area contributed by atoms with Crippen LogP contribution in [0.4, 0.5) is 4.79 Å². The SMILES string of the molecule is CCN1CCN(C2CCN(CC3CCCCO3)CC2)C1=O. The van der Waals surface area contributed by atoms with Crippen molar-refractivity contribution in [2.24, 2.45) is 0 Å². The van der Waals surface area contributed by atoms with Crippen LogP contribution in [-0.4, -0.2) is 78.8 Å². The van der Waals surface area contributed by atoms with Gasteiger partial charge < -0.3 is 19.4 Å².